The Hall–Kier alpha value is -0.480. The monoisotopic (exact) mass is 136 g/mol. The molecule has 0 N–H and O–H groups in total. The van der Waals surface area contributed by atoms with Gasteiger partial charge in [0.2, 0.25) is 0 Å². The standard InChI is InChI=1S/C9H14N/c1-3-8(2)9-5-4-6-10-7-9/h1,8-9H,4-7H2,2H3. The molecule has 0 saturated carbocycles. The van der Waals surface area contributed by atoms with Gasteiger partial charge >= 0.3 is 0 Å². The van der Waals surface area contributed by atoms with Crippen LogP contribution in [0.1, 0.15) is 19.8 Å². The number of rotatable bonds is 1. The minimum Gasteiger partial charge on any atom is -0.241 e. The summed E-state index contributed by atoms with van der Waals surface area (Å²) in [7, 11) is 0. The average Bonchev–Trinajstić information content (AvgIpc) is 2.05. The molecule has 0 amide bonds. The highest BCUT2D eigenvalue weighted by Gasteiger charge is 2.18. The van der Waals surface area contributed by atoms with E-state index in [9.17, 15) is 0 Å². The highest BCUT2D eigenvalue weighted by Crippen LogP contribution is 2.19. The molecule has 1 aliphatic heterocycles. The zero-order valence-electron chi connectivity index (χ0n) is 6.51. The predicted molar refractivity (Wildman–Crippen MR) is 42.6 cm³/mol. The normalized spacial score (nSPS) is 29.0. The van der Waals surface area contributed by atoms with Crippen molar-refractivity contribution < 1.29 is 0 Å². The minimum atomic E-state index is 0.420. The Morgan fingerprint density at radius 2 is 2.50 bits per heavy atom. The third-order valence-electron chi connectivity index (χ3n) is 2.22. The number of hydrogen-bond donors (Lipinski definition) is 0. The summed E-state index contributed by atoms with van der Waals surface area (Å²) >= 11 is 0. The second-order valence-corrected chi connectivity index (χ2v) is 2.99. The van der Waals surface area contributed by atoms with Crippen molar-refractivity contribution in [3.8, 4) is 12.3 Å². The van der Waals surface area contributed by atoms with Gasteiger partial charge in [0.25, 0.3) is 0 Å². The molecule has 0 aliphatic carbocycles. The van der Waals surface area contributed by atoms with Gasteiger partial charge in [0.05, 0.1) is 0 Å². The summed E-state index contributed by atoms with van der Waals surface area (Å²) in [6.07, 6.45) is 7.82. The molecule has 55 valence electrons. The lowest BCUT2D eigenvalue weighted by atomic mass is 9.88. The van der Waals surface area contributed by atoms with Gasteiger partial charge in [-0.25, -0.2) is 5.32 Å². The van der Waals surface area contributed by atoms with Crippen molar-refractivity contribution in [2.24, 2.45) is 11.8 Å². The predicted octanol–water partition coefficient (Wildman–Crippen LogP) is 1.27. The summed E-state index contributed by atoms with van der Waals surface area (Å²) in [6, 6.07) is 0. The molecule has 1 radical (unpaired) electrons. The van der Waals surface area contributed by atoms with Crippen LogP contribution in [-0.4, -0.2) is 13.1 Å². The Morgan fingerprint density at radius 1 is 1.70 bits per heavy atom. The minimum absolute atomic E-state index is 0.420. The Kier molecular flexibility index (Phi) is 2.77. The molecule has 1 fully saturated rings. The van der Waals surface area contributed by atoms with Crippen molar-refractivity contribution in [3.05, 3.63) is 0 Å². The quantitative estimate of drug-likeness (QED) is 0.482. The summed E-state index contributed by atoms with van der Waals surface area (Å²) in [6.45, 7) is 4.16. The smallest absolute Gasteiger partial charge is 0.0212 e. The molecule has 2 atom stereocenters. The maximum absolute atomic E-state index is 5.31. The fourth-order valence-electron chi connectivity index (χ4n) is 1.36. The van der Waals surface area contributed by atoms with Crippen molar-refractivity contribution in [3.63, 3.8) is 0 Å². The fraction of sp³-hybridized carbons (Fsp3) is 0.778. The number of nitrogens with zero attached hydrogens (tertiary/aromatic N) is 1. The third kappa shape index (κ3) is 1.75. The number of hydrogen-bond acceptors (Lipinski definition) is 0. The molecule has 0 aromatic rings. The van der Waals surface area contributed by atoms with Crippen LogP contribution in [0.15, 0.2) is 0 Å². The van der Waals surface area contributed by atoms with Crippen LogP contribution in [0.3, 0.4) is 0 Å². The topological polar surface area (TPSA) is 14.1 Å². The van der Waals surface area contributed by atoms with Gasteiger partial charge in [0, 0.05) is 19.0 Å². The lowest BCUT2D eigenvalue weighted by molar-refractivity contribution is 0.320. The first-order chi connectivity index (χ1) is 4.84. The third-order valence-corrected chi connectivity index (χ3v) is 2.22. The van der Waals surface area contributed by atoms with Gasteiger partial charge in [-0.2, -0.15) is 0 Å². The van der Waals surface area contributed by atoms with Crippen LogP contribution in [0.2, 0.25) is 0 Å². The van der Waals surface area contributed by atoms with E-state index < -0.39 is 0 Å². The van der Waals surface area contributed by atoms with Crippen molar-refractivity contribution in [2.75, 3.05) is 13.1 Å². The van der Waals surface area contributed by atoms with Gasteiger partial charge in [-0.15, -0.1) is 12.3 Å². The van der Waals surface area contributed by atoms with E-state index in [1.54, 1.807) is 0 Å². The summed E-state index contributed by atoms with van der Waals surface area (Å²) in [5.74, 6) is 3.86. The molecule has 1 heteroatoms. The average molecular weight is 136 g/mol. The molecule has 2 unspecified atom stereocenters. The first-order valence-electron chi connectivity index (χ1n) is 3.94. The second kappa shape index (κ2) is 3.63. The Bertz CT molecular complexity index is 128. The first-order valence-corrected chi connectivity index (χ1v) is 3.94. The van der Waals surface area contributed by atoms with Gasteiger partial charge in [0.1, 0.15) is 0 Å². The van der Waals surface area contributed by atoms with Crippen LogP contribution in [-0.2, 0) is 0 Å². The lowest BCUT2D eigenvalue weighted by Crippen LogP contribution is -2.28. The summed E-state index contributed by atoms with van der Waals surface area (Å²) in [5, 5.41) is 4.33. The maximum atomic E-state index is 5.31. The molecular weight excluding hydrogens is 122 g/mol. The molecule has 1 rings (SSSR count). The van der Waals surface area contributed by atoms with Crippen molar-refractivity contribution in [1.82, 2.24) is 5.32 Å². The molecule has 1 nitrogen and oxygen atoms in total. The summed E-state index contributed by atoms with van der Waals surface area (Å²) in [5.41, 5.74) is 0. The van der Waals surface area contributed by atoms with E-state index in [4.69, 9.17) is 6.42 Å². The van der Waals surface area contributed by atoms with E-state index in [1.165, 1.54) is 12.8 Å². The maximum Gasteiger partial charge on any atom is 0.0212 e. The molecule has 1 aliphatic rings. The van der Waals surface area contributed by atoms with Gasteiger partial charge in [-0.05, 0) is 18.8 Å². The van der Waals surface area contributed by atoms with Crippen molar-refractivity contribution >= 4 is 0 Å². The Balaban J connectivity index is 2.33. The second-order valence-electron chi connectivity index (χ2n) is 2.99. The fourth-order valence-corrected chi connectivity index (χ4v) is 1.36. The zero-order chi connectivity index (χ0) is 7.40. The van der Waals surface area contributed by atoms with Crippen molar-refractivity contribution in [2.45, 2.75) is 19.8 Å². The zero-order valence-corrected chi connectivity index (χ0v) is 6.51. The van der Waals surface area contributed by atoms with E-state index in [0.29, 0.717) is 11.8 Å². The number of piperidine rings is 1. The van der Waals surface area contributed by atoms with Crippen LogP contribution < -0.4 is 5.32 Å². The van der Waals surface area contributed by atoms with Crippen LogP contribution in [0.25, 0.3) is 0 Å². The molecule has 0 aromatic carbocycles. The van der Waals surface area contributed by atoms with Crippen LogP contribution in [0, 0.1) is 24.2 Å². The van der Waals surface area contributed by atoms with E-state index >= 15 is 0 Å². The molecule has 0 bridgehead atoms. The molecule has 1 heterocycles. The van der Waals surface area contributed by atoms with E-state index in [0.717, 1.165) is 13.1 Å². The van der Waals surface area contributed by atoms with E-state index in [2.05, 4.69) is 18.2 Å². The molecule has 1 saturated heterocycles. The van der Waals surface area contributed by atoms with Crippen LogP contribution in [0.4, 0.5) is 0 Å². The van der Waals surface area contributed by atoms with Crippen molar-refractivity contribution in [1.29, 1.82) is 0 Å². The first kappa shape index (κ1) is 7.63. The highest BCUT2D eigenvalue weighted by atomic mass is 14.9. The van der Waals surface area contributed by atoms with Gasteiger partial charge in [0.15, 0.2) is 0 Å². The van der Waals surface area contributed by atoms with E-state index in [1.807, 2.05) is 0 Å². The van der Waals surface area contributed by atoms with Crippen LogP contribution >= 0.6 is 0 Å². The van der Waals surface area contributed by atoms with Gasteiger partial charge < -0.3 is 0 Å². The lowest BCUT2D eigenvalue weighted by Gasteiger charge is -2.23. The largest absolute Gasteiger partial charge is 0.241 e. The molecule has 0 spiro atoms. The molecule has 0 aromatic heterocycles. The van der Waals surface area contributed by atoms with Gasteiger partial charge in [-0.1, -0.05) is 6.92 Å². The summed E-state index contributed by atoms with van der Waals surface area (Å²) < 4.78 is 0. The van der Waals surface area contributed by atoms with Crippen LogP contribution in [0.5, 0.6) is 0 Å². The number of terminal acetylenes is 1. The summed E-state index contributed by atoms with van der Waals surface area (Å²) in [4.78, 5) is 0. The molecular formula is C9H14N. The Labute approximate surface area is 63.2 Å². The highest BCUT2D eigenvalue weighted by molar-refractivity contribution is 4.95. The Morgan fingerprint density at radius 3 is 3.00 bits per heavy atom. The molecule has 10 heavy (non-hydrogen) atoms. The SMILES string of the molecule is C#CC(C)C1CCC[N]C1. The van der Waals surface area contributed by atoms with Gasteiger partial charge in [-0.3, -0.25) is 0 Å². The van der Waals surface area contributed by atoms with E-state index in [-0.39, 0.29) is 0 Å².